The van der Waals surface area contributed by atoms with Crippen molar-refractivity contribution in [3.63, 3.8) is 0 Å². The fourth-order valence-corrected chi connectivity index (χ4v) is 5.64. The van der Waals surface area contributed by atoms with Crippen LogP contribution < -0.4 is 4.74 Å². The Kier molecular flexibility index (Phi) is 7.59. The number of nitrogens with zero attached hydrogens (tertiary/aromatic N) is 2. The summed E-state index contributed by atoms with van der Waals surface area (Å²) in [6.45, 7) is 3.32. The van der Waals surface area contributed by atoms with Crippen molar-refractivity contribution >= 4 is 11.8 Å². The molecule has 192 valence electrons. The van der Waals surface area contributed by atoms with Gasteiger partial charge in [-0.3, -0.25) is 9.59 Å². The zero-order valence-electron chi connectivity index (χ0n) is 21.9. The van der Waals surface area contributed by atoms with Crippen LogP contribution in [0.3, 0.4) is 0 Å². The Labute approximate surface area is 220 Å². The fraction of sp³-hybridized carbons (Fsp3) is 0.375. The summed E-state index contributed by atoms with van der Waals surface area (Å²) in [4.78, 5) is 30.2. The SMILES string of the molecule is Cc1ccc(C2c3cc(OCC(=O)N(C)Cc4ccccc4)ccc3CCN2C(=O)C2CCCC2)cc1. The van der Waals surface area contributed by atoms with E-state index in [0.717, 1.165) is 55.3 Å². The molecule has 2 amide bonds. The van der Waals surface area contributed by atoms with Crippen molar-refractivity contribution in [2.24, 2.45) is 5.92 Å². The molecule has 5 rings (SSSR count). The molecule has 0 aromatic heterocycles. The third-order valence-electron chi connectivity index (χ3n) is 7.78. The minimum absolute atomic E-state index is 0.0258. The predicted molar refractivity (Wildman–Crippen MR) is 145 cm³/mol. The van der Waals surface area contributed by atoms with Crippen molar-refractivity contribution in [2.75, 3.05) is 20.2 Å². The zero-order valence-corrected chi connectivity index (χ0v) is 21.9. The number of hydrogen-bond donors (Lipinski definition) is 0. The Morgan fingerprint density at radius 3 is 2.43 bits per heavy atom. The number of carbonyl (C=O) groups is 2. The molecule has 0 bridgehead atoms. The summed E-state index contributed by atoms with van der Waals surface area (Å²) in [5.74, 6) is 0.992. The predicted octanol–water partition coefficient (Wildman–Crippen LogP) is 5.70. The van der Waals surface area contributed by atoms with Crippen LogP contribution in [0.25, 0.3) is 0 Å². The topological polar surface area (TPSA) is 49.9 Å². The van der Waals surface area contributed by atoms with Gasteiger partial charge in [0.15, 0.2) is 6.61 Å². The minimum atomic E-state index is -0.141. The molecule has 0 saturated heterocycles. The second-order valence-corrected chi connectivity index (χ2v) is 10.5. The van der Waals surface area contributed by atoms with Crippen molar-refractivity contribution in [1.29, 1.82) is 0 Å². The van der Waals surface area contributed by atoms with Gasteiger partial charge in [-0.1, -0.05) is 79.1 Å². The van der Waals surface area contributed by atoms with Crippen LogP contribution in [0.4, 0.5) is 0 Å². The van der Waals surface area contributed by atoms with E-state index in [2.05, 4.69) is 42.2 Å². The van der Waals surface area contributed by atoms with Gasteiger partial charge in [-0.05, 0) is 60.6 Å². The molecule has 1 aliphatic carbocycles. The lowest BCUT2D eigenvalue weighted by molar-refractivity contribution is -0.137. The summed E-state index contributed by atoms with van der Waals surface area (Å²) in [5, 5.41) is 0. The lowest BCUT2D eigenvalue weighted by Gasteiger charge is -2.39. The molecule has 1 aliphatic heterocycles. The van der Waals surface area contributed by atoms with Crippen molar-refractivity contribution in [1.82, 2.24) is 9.80 Å². The standard InChI is InChI=1S/C32H36N2O3/c1-23-12-14-26(15-13-23)31-29-20-28(37-22-30(35)33(2)21-24-8-4-3-5-9-24)17-16-25(29)18-19-34(31)32(36)27-10-6-7-11-27/h3-5,8-9,12-17,20,27,31H,6-7,10-11,18-19,21-22H2,1-2H3. The van der Waals surface area contributed by atoms with Crippen LogP contribution in [0.1, 0.15) is 59.5 Å². The molecule has 0 N–H and O–H groups in total. The molecule has 3 aromatic rings. The number of ether oxygens (including phenoxy) is 1. The van der Waals surface area contributed by atoms with E-state index in [-0.39, 0.29) is 30.4 Å². The summed E-state index contributed by atoms with van der Waals surface area (Å²) < 4.78 is 6.00. The number of amides is 2. The average Bonchev–Trinajstić information content (AvgIpc) is 3.47. The van der Waals surface area contributed by atoms with Crippen LogP contribution in [0.15, 0.2) is 72.8 Å². The van der Waals surface area contributed by atoms with Crippen LogP contribution in [0.2, 0.25) is 0 Å². The lowest BCUT2D eigenvalue weighted by atomic mass is 9.86. The largest absolute Gasteiger partial charge is 0.484 e. The number of benzene rings is 3. The average molecular weight is 497 g/mol. The number of likely N-dealkylation sites (N-methyl/N-ethyl adjacent to an activating group) is 1. The Morgan fingerprint density at radius 1 is 0.973 bits per heavy atom. The van der Waals surface area contributed by atoms with Crippen molar-refractivity contribution in [2.45, 2.75) is 51.6 Å². The van der Waals surface area contributed by atoms with Gasteiger partial charge < -0.3 is 14.5 Å². The van der Waals surface area contributed by atoms with Crippen LogP contribution in [0.5, 0.6) is 5.75 Å². The number of fused-ring (bicyclic) bond motifs is 1. The highest BCUT2D eigenvalue weighted by atomic mass is 16.5. The van der Waals surface area contributed by atoms with Crippen LogP contribution in [0, 0.1) is 12.8 Å². The first kappa shape index (κ1) is 25.1. The maximum Gasteiger partial charge on any atom is 0.260 e. The van der Waals surface area contributed by atoms with Crippen molar-refractivity contribution < 1.29 is 14.3 Å². The maximum atomic E-state index is 13.6. The Morgan fingerprint density at radius 2 is 1.70 bits per heavy atom. The molecule has 0 spiro atoms. The van der Waals surface area contributed by atoms with Gasteiger partial charge in [0.25, 0.3) is 5.91 Å². The van der Waals surface area contributed by atoms with Gasteiger partial charge in [0.1, 0.15) is 5.75 Å². The molecule has 0 radical (unpaired) electrons. The fourth-order valence-electron chi connectivity index (χ4n) is 5.64. The van der Waals surface area contributed by atoms with E-state index in [1.54, 1.807) is 11.9 Å². The lowest BCUT2D eigenvalue weighted by Crippen LogP contribution is -2.43. The highest BCUT2D eigenvalue weighted by Crippen LogP contribution is 2.39. The van der Waals surface area contributed by atoms with E-state index in [4.69, 9.17) is 4.74 Å². The molecule has 1 atom stereocenters. The summed E-state index contributed by atoms with van der Waals surface area (Å²) in [7, 11) is 1.80. The summed E-state index contributed by atoms with van der Waals surface area (Å²) in [6, 6.07) is 24.4. The van der Waals surface area contributed by atoms with Crippen LogP contribution in [-0.4, -0.2) is 41.8 Å². The van der Waals surface area contributed by atoms with Gasteiger partial charge in [-0.25, -0.2) is 0 Å². The monoisotopic (exact) mass is 496 g/mol. The highest BCUT2D eigenvalue weighted by molar-refractivity contribution is 5.80. The van der Waals surface area contributed by atoms with Gasteiger partial charge in [-0.15, -0.1) is 0 Å². The molecule has 37 heavy (non-hydrogen) atoms. The highest BCUT2D eigenvalue weighted by Gasteiger charge is 2.36. The summed E-state index contributed by atoms with van der Waals surface area (Å²) in [6.07, 6.45) is 5.09. The quantitative estimate of drug-likeness (QED) is 0.422. The molecule has 1 saturated carbocycles. The van der Waals surface area contributed by atoms with E-state index in [1.165, 1.54) is 11.1 Å². The van der Waals surface area contributed by atoms with Gasteiger partial charge in [-0.2, -0.15) is 0 Å². The molecular weight excluding hydrogens is 460 g/mol. The smallest absolute Gasteiger partial charge is 0.260 e. The molecule has 2 aliphatic rings. The number of carbonyl (C=O) groups excluding carboxylic acids is 2. The zero-order chi connectivity index (χ0) is 25.8. The van der Waals surface area contributed by atoms with Crippen molar-refractivity contribution in [3.8, 4) is 5.75 Å². The summed E-state index contributed by atoms with van der Waals surface area (Å²) in [5.41, 5.74) is 5.74. The first-order valence-corrected chi connectivity index (χ1v) is 13.4. The molecule has 1 unspecified atom stereocenters. The van der Waals surface area contributed by atoms with E-state index in [1.807, 2.05) is 42.5 Å². The molecule has 1 heterocycles. The Hall–Kier alpha value is -3.60. The maximum absolute atomic E-state index is 13.6. The van der Waals surface area contributed by atoms with Crippen molar-refractivity contribution in [3.05, 3.63) is 101 Å². The third-order valence-corrected chi connectivity index (χ3v) is 7.78. The Bertz CT molecular complexity index is 1230. The van der Waals surface area contributed by atoms with E-state index >= 15 is 0 Å². The Balaban J connectivity index is 1.36. The second-order valence-electron chi connectivity index (χ2n) is 10.5. The molecule has 5 nitrogen and oxygen atoms in total. The number of aryl methyl sites for hydroxylation is 1. The minimum Gasteiger partial charge on any atom is -0.484 e. The molecular formula is C32H36N2O3. The molecule has 5 heteroatoms. The molecule has 1 fully saturated rings. The van der Waals surface area contributed by atoms with E-state index < -0.39 is 0 Å². The first-order chi connectivity index (χ1) is 18.0. The summed E-state index contributed by atoms with van der Waals surface area (Å²) >= 11 is 0. The van der Waals surface area contributed by atoms with Crippen LogP contribution in [-0.2, 0) is 22.6 Å². The normalized spacial score (nSPS) is 17.4. The van der Waals surface area contributed by atoms with Gasteiger partial charge in [0.2, 0.25) is 5.91 Å². The number of hydrogen-bond acceptors (Lipinski definition) is 3. The van der Waals surface area contributed by atoms with Crippen LogP contribution >= 0.6 is 0 Å². The number of rotatable bonds is 7. The first-order valence-electron chi connectivity index (χ1n) is 13.4. The van der Waals surface area contributed by atoms with Gasteiger partial charge in [0.05, 0.1) is 6.04 Å². The molecule has 3 aromatic carbocycles. The second kappa shape index (κ2) is 11.2. The van der Waals surface area contributed by atoms with E-state index in [9.17, 15) is 9.59 Å². The van der Waals surface area contributed by atoms with Gasteiger partial charge in [0, 0.05) is 26.1 Å². The van der Waals surface area contributed by atoms with E-state index in [0.29, 0.717) is 12.3 Å². The van der Waals surface area contributed by atoms with Gasteiger partial charge >= 0.3 is 0 Å². The third kappa shape index (κ3) is 5.71.